The fourth-order valence-corrected chi connectivity index (χ4v) is 1.93. The first-order valence-corrected chi connectivity index (χ1v) is 6.79. The largest absolute Gasteiger partial charge is 0.317 e. The summed E-state index contributed by atoms with van der Waals surface area (Å²) in [6.45, 7) is 10.0. The highest BCUT2D eigenvalue weighted by atomic mass is 14.9. The molecule has 2 heteroatoms. The van der Waals surface area contributed by atoms with E-state index in [-0.39, 0.29) is 0 Å². The van der Waals surface area contributed by atoms with Gasteiger partial charge in [-0.1, -0.05) is 40.0 Å². The zero-order chi connectivity index (χ0) is 11.4. The Bertz CT molecular complexity index is 115. The molecule has 0 saturated carbocycles. The van der Waals surface area contributed by atoms with Crippen molar-refractivity contribution >= 4 is 0 Å². The molecule has 0 spiro atoms. The van der Waals surface area contributed by atoms with Gasteiger partial charge in [0.05, 0.1) is 0 Å². The van der Waals surface area contributed by atoms with Crippen molar-refractivity contribution in [3.8, 4) is 0 Å². The Morgan fingerprint density at radius 3 is 2.20 bits per heavy atom. The Morgan fingerprint density at radius 1 is 0.867 bits per heavy atom. The van der Waals surface area contributed by atoms with Crippen molar-refractivity contribution in [3.63, 3.8) is 0 Å². The van der Waals surface area contributed by atoms with E-state index in [9.17, 15) is 0 Å². The van der Waals surface area contributed by atoms with Gasteiger partial charge in [-0.2, -0.15) is 0 Å². The van der Waals surface area contributed by atoms with E-state index in [0.29, 0.717) is 0 Å². The Morgan fingerprint density at radius 2 is 1.60 bits per heavy atom. The number of nitrogens with one attached hydrogen (secondary N) is 2. The lowest BCUT2D eigenvalue weighted by atomic mass is 10.0. The van der Waals surface area contributed by atoms with Crippen molar-refractivity contribution in [2.24, 2.45) is 0 Å². The topological polar surface area (TPSA) is 24.1 Å². The van der Waals surface area contributed by atoms with Crippen LogP contribution in [0.5, 0.6) is 0 Å². The van der Waals surface area contributed by atoms with Crippen LogP contribution in [0.4, 0.5) is 0 Å². The predicted octanol–water partition coefficient (Wildman–Crippen LogP) is 2.93. The highest BCUT2D eigenvalue weighted by molar-refractivity contribution is 4.66. The summed E-state index contributed by atoms with van der Waals surface area (Å²) in [5, 5.41) is 6.98. The molecule has 0 amide bonds. The van der Waals surface area contributed by atoms with Crippen LogP contribution >= 0.6 is 0 Å². The van der Waals surface area contributed by atoms with Gasteiger partial charge in [-0.25, -0.2) is 0 Å². The van der Waals surface area contributed by atoms with Crippen molar-refractivity contribution < 1.29 is 0 Å². The molecule has 0 aliphatic rings. The van der Waals surface area contributed by atoms with Crippen molar-refractivity contribution in [3.05, 3.63) is 0 Å². The molecule has 0 aromatic carbocycles. The molecule has 0 radical (unpaired) electrons. The summed E-state index contributed by atoms with van der Waals surface area (Å²) in [5.41, 5.74) is 0. The summed E-state index contributed by atoms with van der Waals surface area (Å²) < 4.78 is 0. The second-order valence-electron chi connectivity index (χ2n) is 4.25. The molecule has 0 aliphatic heterocycles. The van der Waals surface area contributed by atoms with Gasteiger partial charge in [0.1, 0.15) is 0 Å². The van der Waals surface area contributed by atoms with Crippen LogP contribution in [-0.2, 0) is 0 Å². The normalized spacial score (nSPS) is 13.0. The highest BCUT2D eigenvalue weighted by Gasteiger charge is 2.05. The van der Waals surface area contributed by atoms with Gasteiger partial charge in [-0.05, 0) is 38.9 Å². The number of unbranched alkanes of at least 4 members (excludes halogenated alkanes) is 2. The monoisotopic (exact) mass is 214 g/mol. The zero-order valence-electron chi connectivity index (χ0n) is 10.9. The number of hydrogen-bond donors (Lipinski definition) is 2. The van der Waals surface area contributed by atoms with Crippen LogP contribution in [0.1, 0.15) is 59.3 Å². The highest BCUT2D eigenvalue weighted by Crippen LogP contribution is 2.08. The first-order chi connectivity index (χ1) is 7.35. The van der Waals surface area contributed by atoms with E-state index < -0.39 is 0 Å². The summed E-state index contributed by atoms with van der Waals surface area (Å²) in [4.78, 5) is 0. The van der Waals surface area contributed by atoms with Crippen LogP contribution in [0, 0.1) is 0 Å². The summed E-state index contributed by atoms with van der Waals surface area (Å²) in [6.07, 6.45) is 8.08. The number of hydrogen-bond acceptors (Lipinski definition) is 2. The van der Waals surface area contributed by atoms with E-state index in [1.807, 2.05) is 0 Å². The summed E-state index contributed by atoms with van der Waals surface area (Å²) in [6, 6.07) is 0.750. The van der Waals surface area contributed by atoms with Crippen molar-refractivity contribution in [2.75, 3.05) is 19.6 Å². The Kier molecular flexibility index (Phi) is 11.9. The molecule has 0 aromatic rings. The van der Waals surface area contributed by atoms with Gasteiger partial charge in [0.25, 0.3) is 0 Å². The van der Waals surface area contributed by atoms with Crippen LogP contribution in [0.3, 0.4) is 0 Å². The molecule has 0 aliphatic carbocycles. The minimum Gasteiger partial charge on any atom is -0.317 e. The molecule has 0 fully saturated rings. The summed E-state index contributed by atoms with van der Waals surface area (Å²) in [5.74, 6) is 0. The maximum absolute atomic E-state index is 3.59. The van der Waals surface area contributed by atoms with E-state index in [1.165, 1.54) is 45.1 Å². The van der Waals surface area contributed by atoms with Crippen LogP contribution < -0.4 is 10.6 Å². The quantitative estimate of drug-likeness (QED) is 0.517. The molecule has 0 heterocycles. The van der Waals surface area contributed by atoms with Crippen molar-refractivity contribution in [1.82, 2.24) is 10.6 Å². The average molecular weight is 214 g/mol. The molecule has 2 nitrogen and oxygen atoms in total. The minimum absolute atomic E-state index is 0.750. The summed E-state index contributed by atoms with van der Waals surface area (Å²) >= 11 is 0. The summed E-state index contributed by atoms with van der Waals surface area (Å²) in [7, 11) is 0. The molecule has 0 aromatic heterocycles. The maximum atomic E-state index is 3.59. The zero-order valence-corrected chi connectivity index (χ0v) is 10.9. The molecule has 0 bridgehead atoms. The molecule has 2 N–H and O–H groups in total. The maximum Gasteiger partial charge on any atom is 0.00674 e. The van der Waals surface area contributed by atoms with Crippen molar-refractivity contribution in [2.45, 2.75) is 65.3 Å². The molecule has 0 rings (SSSR count). The predicted molar refractivity (Wildman–Crippen MR) is 69.4 cm³/mol. The second kappa shape index (κ2) is 12.0. The molecule has 15 heavy (non-hydrogen) atoms. The van der Waals surface area contributed by atoms with E-state index in [4.69, 9.17) is 0 Å². The van der Waals surface area contributed by atoms with Crippen LogP contribution in [-0.4, -0.2) is 25.7 Å². The first kappa shape index (κ1) is 14.9. The van der Waals surface area contributed by atoms with Gasteiger partial charge in [0, 0.05) is 6.04 Å². The lowest BCUT2D eigenvalue weighted by Gasteiger charge is -2.17. The van der Waals surface area contributed by atoms with Gasteiger partial charge >= 0.3 is 0 Å². The smallest absolute Gasteiger partial charge is 0.00674 e. The molecule has 1 unspecified atom stereocenters. The molecule has 0 saturated heterocycles. The van der Waals surface area contributed by atoms with E-state index in [2.05, 4.69) is 31.4 Å². The fourth-order valence-electron chi connectivity index (χ4n) is 1.93. The standard InChI is InChI=1S/C13H30N2/c1-4-7-8-10-13(15-6-3)11-9-12-14-5-2/h13-15H,4-12H2,1-3H3. The van der Waals surface area contributed by atoms with Gasteiger partial charge in [-0.15, -0.1) is 0 Å². The third-order valence-corrected chi connectivity index (χ3v) is 2.81. The van der Waals surface area contributed by atoms with Gasteiger partial charge in [-0.3, -0.25) is 0 Å². The van der Waals surface area contributed by atoms with Gasteiger partial charge in [0.2, 0.25) is 0 Å². The lowest BCUT2D eigenvalue weighted by molar-refractivity contribution is 0.429. The van der Waals surface area contributed by atoms with Gasteiger partial charge < -0.3 is 10.6 Å². The lowest BCUT2D eigenvalue weighted by Crippen LogP contribution is -2.29. The van der Waals surface area contributed by atoms with Crippen LogP contribution in [0.15, 0.2) is 0 Å². The second-order valence-corrected chi connectivity index (χ2v) is 4.25. The van der Waals surface area contributed by atoms with E-state index in [1.54, 1.807) is 0 Å². The molecule has 92 valence electrons. The Labute approximate surface area is 96.2 Å². The molecular formula is C13H30N2. The Hall–Kier alpha value is -0.0800. The van der Waals surface area contributed by atoms with Crippen LogP contribution in [0.2, 0.25) is 0 Å². The number of rotatable bonds is 11. The average Bonchev–Trinajstić information content (AvgIpc) is 2.24. The van der Waals surface area contributed by atoms with Crippen LogP contribution in [0.25, 0.3) is 0 Å². The fraction of sp³-hybridized carbons (Fsp3) is 1.00. The first-order valence-electron chi connectivity index (χ1n) is 6.79. The van der Waals surface area contributed by atoms with Crippen molar-refractivity contribution in [1.29, 1.82) is 0 Å². The van der Waals surface area contributed by atoms with E-state index in [0.717, 1.165) is 19.1 Å². The molecule has 1 atom stereocenters. The van der Waals surface area contributed by atoms with Gasteiger partial charge in [0.15, 0.2) is 0 Å². The minimum atomic E-state index is 0.750. The van der Waals surface area contributed by atoms with E-state index >= 15 is 0 Å². The SMILES string of the molecule is CCCCCC(CCCNCC)NCC. The third-order valence-electron chi connectivity index (χ3n) is 2.81. The Balaban J connectivity index is 3.44. The molecular weight excluding hydrogens is 184 g/mol. The third kappa shape index (κ3) is 10.2.